The summed E-state index contributed by atoms with van der Waals surface area (Å²) in [4.78, 5) is 0. The van der Waals surface area contributed by atoms with E-state index in [2.05, 4.69) is 31.2 Å². The number of ether oxygens (including phenoxy) is 1. The predicted octanol–water partition coefficient (Wildman–Crippen LogP) is 3.04. The van der Waals surface area contributed by atoms with Gasteiger partial charge >= 0.3 is 0 Å². The molecule has 1 spiro atoms. The fraction of sp³-hybridized carbons (Fsp3) is 0.824. The number of hydrogen-bond donors (Lipinski definition) is 1. The van der Waals surface area contributed by atoms with Crippen LogP contribution in [0.1, 0.15) is 62.0 Å². The Labute approximate surface area is 128 Å². The summed E-state index contributed by atoms with van der Waals surface area (Å²) in [6.45, 7) is 8.46. The summed E-state index contributed by atoms with van der Waals surface area (Å²) in [5, 5.41) is 8.37. The van der Waals surface area contributed by atoms with E-state index in [9.17, 15) is 0 Å². The average molecular weight is 291 g/mol. The van der Waals surface area contributed by atoms with Crippen LogP contribution in [0.4, 0.5) is 0 Å². The molecule has 2 atom stereocenters. The van der Waals surface area contributed by atoms with E-state index in [1.807, 2.05) is 11.7 Å². The van der Waals surface area contributed by atoms with Crippen LogP contribution >= 0.6 is 0 Å². The van der Waals surface area contributed by atoms with Crippen LogP contribution in [-0.2, 0) is 11.8 Å². The normalized spacial score (nSPS) is 25.8. The van der Waals surface area contributed by atoms with E-state index in [1.54, 1.807) is 0 Å². The summed E-state index contributed by atoms with van der Waals surface area (Å²) < 4.78 is 8.13. The minimum absolute atomic E-state index is 0.209. The van der Waals surface area contributed by atoms with Gasteiger partial charge in [-0.25, -0.2) is 0 Å². The molecule has 4 nitrogen and oxygen atoms in total. The quantitative estimate of drug-likeness (QED) is 0.927. The molecule has 0 radical (unpaired) electrons. The van der Waals surface area contributed by atoms with Crippen LogP contribution in [0, 0.1) is 19.8 Å². The third-order valence-electron chi connectivity index (χ3n) is 5.57. The molecule has 3 rings (SSSR count). The van der Waals surface area contributed by atoms with Gasteiger partial charge in [-0.1, -0.05) is 6.92 Å². The standard InChI is InChI=1S/C17H29N3O/c1-5-18-16(15-12(2)19-20(4)13(15)3)14-7-10-21-17(11-14)8-6-9-17/h14,16,18H,5-11H2,1-4H3. The zero-order chi connectivity index (χ0) is 15.0. The van der Waals surface area contributed by atoms with Crippen molar-refractivity contribution in [3.63, 3.8) is 0 Å². The molecule has 2 heterocycles. The van der Waals surface area contributed by atoms with Crippen LogP contribution in [0.3, 0.4) is 0 Å². The first kappa shape index (κ1) is 15.0. The maximum absolute atomic E-state index is 6.11. The predicted molar refractivity (Wildman–Crippen MR) is 84.4 cm³/mol. The van der Waals surface area contributed by atoms with Crippen molar-refractivity contribution in [3.05, 3.63) is 17.0 Å². The fourth-order valence-electron chi connectivity index (χ4n) is 4.23. The summed E-state index contributed by atoms with van der Waals surface area (Å²) in [5.41, 5.74) is 4.10. The molecule has 1 aliphatic carbocycles. The molecule has 2 aliphatic rings. The largest absolute Gasteiger partial charge is 0.375 e. The monoisotopic (exact) mass is 291 g/mol. The lowest BCUT2D eigenvalue weighted by atomic mass is 9.69. The molecule has 0 aromatic carbocycles. The van der Waals surface area contributed by atoms with Gasteiger partial charge in [0, 0.05) is 31.0 Å². The van der Waals surface area contributed by atoms with Gasteiger partial charge in [0.05, 0.1) is 11.3 Å². The second-order valence-corrected chi connectivity index (χ2v) is 6.88. The van der Waals surface area contributed by atoms with Gasteiger partial charge in [0.1, 0.15) is 0 Å². The highest BCUT2D eigenvalue weighted by Gasteiger charge is 2.45. The van der Waals surface area contributed by atoms with Gasteiger partial charge in [0.2, 0.25) is 0 Å². The van der Waals surface area contributed by atoms with Crippen molar-refractivity contribution >= 4 is 0 Å². The zero-order valence-electron chi connectivity index (χ0n) is 13.9. The summed E-state index contributed by atoms with van der Waals surface area (Å²) in [7, 11) is 2.05. The molecule has 1 aromatic rings. The molecular formula is C17H29N3O. The lowest BCUT2D eigenvalue weighted by Gasteiger charge is -2.49. The van der Waals surface area contributed by atoms with Crippen molar-refractivity contribution < 1.29 is 4.74 Å². The summed E-state index contributed by atoms with van der Waals surface area (Å²) in [6, 6.07) is 0.421. The SMILES string of the molecule is CCNC(c1c(C)nn(C)c1C)C1CCOC2(CCC2)C1. The van der Waals surface area contributed by atoms with Gasteiger partial charge in [-0.15, -0.1) is 0 Å². The number of nitrogens with zero attached hydrogens (tertiary/aromatic N) is 2. The Hall–Kier alpha value is -0.870. The topological polar surface area (TPSA) is 39.1 Å². The highest BCUT2D eigenvalue weighted by atomic mass is 16.5. The van der Waals surface area contributed by atoms with E-state index in [0.29, 0.717) is 12.0 Å². The molecule has 4 heteroatoms. The van der Waals surface area contributed by atoms with Crippen molar-refractivity contribution in [1.29, 1.82) is 0 Å². The van der Waals surface area contributed by atoms with Crippen molar-refractivity contribution in [3.8, 4) is 0 Å². The highest BCUT2D eigenvalue weighted by molar-refractivity contribution is 5.29. The lowest BCUT2D eigenvalue weighted by molar-refractivity contribution is -0.147. The van der Waals surface area contributed by atoms with E-state index in [-0.39, 0.29) is 5.60 Å². The molecule has 118 valence electrons. The van der Waals surface area contributed by atoms with Crippen molar-refractivity contribution in [2.45, 2.75) is 64.5 Å². The molecule has 1 saturated heterocycles. The molecular weight excluding hydrogens is 262 g/mol. The van der Waals surface area contributed by atoms with E-state index < -0.39 is 0 Å². The van der Waals surface area contributed by atoms with Gasteiger partial charge in [0.15, 0.2) is 0 Å². The van der Waals surface area contributed by atoms with Gasteiger partial charge < -0.3 is 10.1 Å². The Morgan fingerprint density at radius 1 is 1.43 bits per heavy atom. The van der Waals surface area contributed by atoms with E-state index in [4.69, 9.17) is 4.74 Å². The summed E-state index contributed by atoms with van der Waals surface area (Å²) in [6.07, 6.45) is 6.22. The van der Waals surface area contributed by atoms with Gasteiger partial charge in [-0.3, -0.25) is 4.68 Å². The second kappa shape index (κ2) is 5.73. The summed E-state index contributed by atoms with van der Waals surface area (Å²) >= 11 is 0. The van der Waals surface area contributed by atoms with Crippen LogP contribution in [0.5, 0.6) is 0 Å². The Morgan fingerprint density at radius 3 is 2.71 bits per heavy atom. The third kappa shape index (κ3) is 2.64. The molecule has 1 aliphatic heterocycles. The molecule has 2 fully saturated rings. The molecule has 1 aromatic heterocycles. The first-order valence-corrected chi connectivity index (χ1v) is 8.44. The van der Waals surface area contributed by atoms with E-state index in [0.717, 1.165) is 19.6 Å². The Bertz CT molecular complexity index is 504. The van der Waals surface area contributed by atoms with Gasteiger partial charge in [-0.2, -0.15) is 5.10 Å². The molecule has 2 unspecified atom stereocenters. The van der Waals surface area contributed by atoms with Crippen LogP contribution in [0.15, 0.2) is 0 Å². The first-order chi connectivity index (χ1) is 10.1. The average Bonchev–Trinajstić information content (AvgIpc) is 2.68. The third-order valence-corrected chi connectivity index (χ3v) is 5.57. The van der Waals surface area contributed by atoms with Crippen LogP contribution in [-0.4, -0.2) is 28.5 Å². The number of nitrogens with one attached hydrogen (secondary N) is 1. The molecule has 1 saturated carbocycles. The zero-order valence-corrected chi connectivity index (χ0v) is 13.9. The first-order valence-electron chi connectivity index (χ1n) is 8.44. The second-order valence-electron chi connectivity index (χ2n) is 6.88. The number of hydrogen-bond acceptors (Lipinski definition) is 3. The van der Waals surface area contributed by atoms with Crippen molar-refractivity contribution in [2.24, 2.45) is 13.0 Å². The van der Waals surface area contributed by atoms with E-state index in [1.165, 1.54) is 42.6 Å². The Morgan fingerprint density at radius 2 is 2.19 bits per heavy atom. The van der Waals surface area contributed by atoms with Crippen molar-refractivity contribution in [1.82, 2.24) is 15.1 Å². The number of aryl methyl sites for hydroxylation is 2. The number of rotatable bonds is 4. The van der Waals surface area contributed by atoms with Crippen LogP contribution in [0.2, 0.25) is 0 Å². The molecule has 0 amide bonds. The van der Waals surface area contributed by atoms with Crippen LogP contribution in [0.25, 0.3) is 0 Å². The number of aromatic nitrogens is 2. The molecule has 21 heavy (non-hydrogen) atoms. The maximum Gasteiger partial charge on any atom is 0.0686 e. The Balaban J connectivity index is 1.86. The minimum Gasteiger partial charge on any atom is -0.375 e. The smallest absolute Gasteiger partial charge is 0.0686 e. The summed E-state index contributed by atoms with van der Waals surface area (Å²) in [5.74, 6) is 0.667. The maximum atomic E-state index is 6.11. The van der Waals surface area contributed by atoms with Crippen molar-refractivity contribution in [2.75, 3.05) is 13.2 Å². The fourth-order valence-corrected chi connectivity index (χ4v) is 4.23. The highest BCUT2D eigenvalue weighted by Crippen LogP contribution is 2.47. The van der Waals surface area contributed by atoms with Gasteiger partial charge in [0.25, 0.3) is 0 Å². The van der Waals surface area contributed by atoms with Gasteiger partial charge in [-0.05, 0) is 58.4 Å². The molecule has 1 N–H and O–H groups in total. The van der Waals surface area contributed by atoms with E-state index >= 15 is 0 Å². The minimum atomic E-state index is 0.209. The van der Waals surface area contributed by atoms with Crippen LogP contribution < -0.4 is 5.32 Å². The Kier molecular flexibility index (Phi) is 4.10. The lowest BCUT2D eigenvalue weighted by Crippen LogP contribution is -2.48. The molecule has 0 bridgehead atoms.